The van der Waals surface area contributed by atoms with Crippen LogP contribution in [-0.4, -0.2) is 35.2 Å². The molecule has 2 rings (SSSR count). The molecule has 0 fully saturated rings. The van der Waals surface area contributed by atoms with Gasteiger partial charge in [-0.25, -0.2) is 0 Å². The summed E-state index contributed by atoms with van der Waals surface area (Å²) in [6.45, 7) is 5.94. The minimum atomic E-state index is -0.613. The number of benzene rings is 1. The van der Waals surface area contributed by atoms with Crippen molar-refractivity contribution in [2.75, 3.05) is 12.4 Å². The third-order valence-electron chi connectivity index (χ3n) is 4.49. The van der Waals surface area contributed by atoms with Gasteiger partial charge in [0.15, 0.2) is 0 Å². The Morgan fingerprint density at radius 1 is 1.17 bits per heavy atom. The van der Waals surface area contributed by atoms with Gasteiger partial charge < -0.3 is 10.1 Å². The molecule has 0 saturated heterocycles. The van der Waals surface area contributed by atoms with Gasteiger partial charge in [-0.1, -0.05) is 63.5 Å². The fourth-order valence-corrected chi connectivity index (χ4v) is 3.57. The van der Waals surface area contributed by atoms with E-state index < -0.39 is 6.04 Å². The number of aromatic nitrogens is 2. The topological polar surface area (TPSA) is 93.2 Å². The van der Waals surface area contributed by atoms with Crippen LogP contribution in [0.1, 0.15) is 52.9 Å². The lowest BCUT2D eigenvalue weighted by Gasteiger charge is -2.21. The summed E-state index contributed by atoms with van der Waals surface area (Å²) in [6.07, 6.45) is 4.55. The summed E-state index contributed by atoms with van der Waals surface area (Å²) >= 11 is 1.28. The van der Waals surface area contributed by atoms with Gasteiger partial charge in [0.1, 0.15) is 16.8 Å². The zero-order chi connectivity index (χ0) is 21.2. The maximum Gasteiger partial charge on any atom is 0.249 e. The van der Waals surface area contributed by atoms with Gasteiger partial charge in [0.25, 0.3) is 0 Å². The summed E-state index contributed by atoms with van der Waals surface area (Å²) in [6, 6.07) is 6.88. The lowest BCUT2D eigenvalue weighted by molar-refractivity contribution is -0.127. The fraction of sp³-hybridized carbons (Fsp3) is 0.524. The Bertz CT molecular complexity index is 807. The van der Waals surface area contributed by atoms with Crippen LogP contribution in [0.3, 0.4) is 0 Å². The third kappa shape index (κ3) is 7.12. The molecular formula is C21H30N4O3S. The van der Waals surface area contributed by atoms with Crippen LogP contribution in [0.25, 0.3) is 10.6 Å². The van der Waals surface area contributed by atoms with Gasteiger partial charge in [-0.05, 0) is 24.5 Å². The highest BCUT2D eigenvalue weighted by molar-refractivity contribution is 7.18. The van der Waals surface area contributed by atoms with E-state index in [2.05, 4.69) is 27.8 Å². The normalized spacial score (nSPS) is 11.9. The molecule has 158 valence electrons. The number of amides is 2. The van der Waals surface area contributed by atoms with Crippen LogP contribution in [0.5, 0.6) is 5.75 Å². The van der Waals surface area contributed by atoms with Crippen LogP contribution < -0.4 is 15.4 Å². The number of hydrogen-bond acceptors (Lipinski definition) is 6. The number of unbranched alkanes of at least 4 members (excludes halogenated alkanes) is 3. The Morgan fingerprint density at radius 3 is 2.66 bits per heavy atom. The fourth-order valence-electron chi connectivity index (χ4n) is 2.82. The molecule has 1 unspecified atom stereocenters. The number of anilines is 1. The second-order valence-electron chi connectivity index (χ2n) is 7.23. The van der Waals surface area contributed by atoms with Crippen LogP contribution in [0, 0.1) is 5.92 Å². The van der Waals surface area contributed by atoms with Crippen LogP contribution in [0.15, 0.2) is 24.3 Å². The molecule has 0 radical (unpaired) electrons. The number of carbonyl (C=O) groups is 2. The first kappa shape index (κ1) is 22.8. The molecule has 0 aliphatic rings. The number of nitrogens with zero attached hydrogens (tertiary/aromatic N) is 2. The number of ether oxygens (including phenoxy) is 1. The van der Waals surface area contributed by atoms with E-state index in [1.165, 1.54) is 11.3 Å². The van der Waals surface area contributed by atoms with Gasteiger partial charge in [-0.15, -0.1) is 10.2 Å². The number of hydrogen-bond donors (Lipinski definition) is 2. The van der Waals surface area contributed by atoms with Crippen molar-refractivity contribution in [1.82, 2.24) is 15.5 Å². The molecule has 1 aromatic heterocycles. The van der Waals surface area contributed by atoms with E-state index in [0.29, 0.717) is 16.6 Å². The second-order valence-corrected chi connectivity index (χ2v) is 8.21. The van der Waals surface area contributed by atoms with Gasteiger partial charge >= 0.3 is 0 Å². The second kappa shape index (κ2) is 11.5. The van der Waals surface area contributed by atoms with Crippen molar-refractivity contribution in [3.05, 3.63) is 24.3 Å². The first-order valence-electron chi connectivity index (χ1n) is 10.0. The van der Waals surface area contributed by atoms with Crippen molar-refractivity contribution < 1.29 is 14.3 Å². The molecule has 1 heterocycles. The van der Waals surface area contributed by atoms with Crippen LogP contribution in [0.2, 0.25) is 0 Å². The number of carbonyl (C=O) groups excluding carboxylic acids is 2. The van der Waals surface area contributed by atoms with E-state index in [4.69, 9.17) is 4.74 Å². The Morgan fingerprint density at radius 2 is 1.97 bits per heavy atom. The van der Waals surface area contributed by atoms with Gasteiger partial charge in [-0.2, -0.15) is 0 Å². The number of methoxy groups -OCH3 is 1. The smallest absolute Gasteiger partial charge is 0.249 e. The molecule has 8 heteroatoms. The molecule has 0 aliphatic carbocycles. The first-order valence-corrected chi connectivity index (χ1v) is 10.8. The molecule has 7 nitrogen and oxygen atoms in total. The van der Waals surface area contributed by atoms with Crippen molar-refractivity contribution >= 4 is 28.3 Å². The zero-order valence-corrected chi connectivity index (χ0v) is 18.3. The van der Waals surface area contributed by atoms with Gasteiger partial charge in [0, 0.05) is 12.0 Å². The third-order valence-corrected chi connectivity index (χ3v) is 5.38. The Kier molecular flexibility index (Phi) is 9.05. The predicted molar refractivity (Wildman–Crippen MR) is 116 cm³/mol. The Hall–Kier alpha value is -2.48. The van der Waals surface area contributed by atoms with Crippen molar-refractivity contribution in [3.63, 3.8) is 0 Å². The Labute approximate surface area is 176 Å². The first-order chi connectivity index (χ1) is 13.9. The molecule has 2 amide bonds. The molecule has 1 aromatic carbocycles. The van der Waals surface area contributed by atoms with E-state index in [1.54, 1.807) is 7.11 Å². The average molecular weight is 419 g/mol. The monoisotopic (exact) mass is 418 g/mol. The van der Waals surface area contributed by atoms with E-state index in [0.717, 1.165) is 37.0 Å². The summed E-state index contributed by atoms with van der Waals surface area (Å²) in [4.78, 5) is 24.9. The molecule has 0 spiro atoms. The molecular weight excluding hydrogens is 388 g/mol. The average Bonchev–Trinajstić information content (AvgIpc) is 3.17. The summed E-state index contributed by atoms with van der Waals surface area (Å²) in [7, 11) is 1.61. The highest BCUT2D eigenvalue weighted by Crippen LogP contribution is 2.28. The SMILES string of the molecule is CCCCCCC(=O)NC(C(=O)Nc1nnc(-c2cccc(OC)c2)s1)C(C)C. The van der Waals surface area contributed by atoms with Crippen LogP contribution in [-0.2, 0) is 9.59 Å². The zero-order valence-electron chi connectivity index (χ0n) is 17.5. The minimum Gasteiger partial charge on any atom is -0.497 e. The molecule has 1 atom stereocenters. The largest absolute Gasteiger partial charge is 0.497 e. The predicted octanol–water partition coefficient (Wildman–Crippen LogP) is 4.26. The maximum absolute atomic E-state index is 12.7. The molecule has 0 aliphatic heterocycles. The lowest BCUT2D eigenvalue weighted by Crippen LogP contribution is -2.47. The van der Waals surface area contributed by atoms with Crippen molar-refractivity contribution in [2.24, 2.45) is 5.92 Å². The molecule has 29 heavy (non-hydrogen) atoms. The van der Waals surface area contributed by atoms with Crippen LogP contribution >= 0.6 is 11.3 Å². The molecule has 2 N–H and O–H groups in total. The number of rotatable bonds is 11. The molecule has 0 bridgehead atoms. The van der Waals surface area contributed by atoms with E-state index in [9.17, 15) is 9.59 Å². The van der Waals surface area contributed by atoms with Gasteiger partial charge in [-0.3, -0.25) is 14.9 Å². The van der Waals surface area contributed by atoms with E-state index >= 15 is 0 Å². The minimum absolute atomic E-state index is 0.0413. The van der Waals surface area contributed by atoms with Crippen molar-refractivity contribution in [1.29, 1.82) is 0 Å². The standard InChI is InChI=1S/C21H30N4O3S/c1-5-6-7-8-12-17(26)22-18(14(2)3)19(27)23-21-25-24-20(29-21)15-10-9-11-16(13-15)28-4/h9-11,13-14,18H,5-8,12H2,1-4H3,(H,22,26)(H,23,25,27). The highest BCUT2D eigenvalue weighted by Gasteiger charge is 2.25. The summed E-state index contributed by atoms with van der Waals surface area (Å²) in [5.74, 6) is 0.310. The van der Waals surface area contributed by atoms with E-state index in [1.807, 2.05) is 38.1 Å². The van der Waals surface area contributed by atoms with Gasteiger partial charge in [0.05, 0.1) is 7.11 Å². The van der Waals surface area contributed by atoms with Crippen LogP contribution in [0.4, 0.5) is 5.13 Å². The Balaban J connectivity index is 1.97. The quantitative estimate of drug-likeness (QED) is 0.532. The summed E-state index contributed by atoms with van der Waals surface area (Å²) < 4.78 is 5.23. The number of nitrogens with one attached hydrogen (secondary N) is 2. The van der Waals surface area contributed by atoms with Crippen molar-refractivity contribution in [3.8, 4) is 16.3 Å². The highest BCUT2D eigenvalue weighted by atomic mass is 32.1. The summed E-state index contributed by atoms with van der Waals surface area (Å²) in [5.41, 5.74) is 0.864. The molecule has 2 aromatic rings. The lowest BCUT2D eigenvalue weighted by atomic mass is 10.0. The van der Waals surface area contributed by atoms with Gasteiger partial charge in [0.2, 0.25) is 16.9 Å². The maximum atomic E-state index is 12.7. The summed E-state index contributed by atoms with van der Waals surface area (Å²) in [5, 5.41) is 14.9. The molecule has 0 saturated carbocycles. The van der Waals surface area contributed by atoms with E-state index in [-0.39, 0.29) is 17.7 Å². The van der Waals surface area contributed by atoms with Crippen molar-refractivity contribution in [2.45, 2.75) is 58.9 Å².